The monoisotopic (exact) mass is 270 g/mol. The molecule has 0 bridgehead atoms. The Morgan fingerprint density at radius 2 is 2.00 bits per heavy atom. The van der Waals surface area contributed by atoms with Crippen molar-refractivity contribution in [1.29, 1.82) is 0 Å². The van der Waals surface area contributed by atoms with E-state index < -0.39 is 35.0 Å². The molecule has 0 heterocycles. The summed E-state index contributed by atoms with van der Waals surface area (Å²) in [6.45, 7) is 0. The molecule has 0 unspecified atom stereocenters. The number of benzene rings is 1. The molecular weight excluding hydrogens is 264 g/mol. The average Bonchev–Trinajstić information content (AvgIpc) is 2.22. The number of esters is 1. The highest BCUT2D eigenvalue weighted by molar-refractivity contribution is 6.31. The molecule has 0 fully saturated rings. The lowest BCUT2D eigenvalue weighted by atomic mass is 10.1. The van der Waals surface area contributed by atoms with Crippen LogP contribution in [0.5, 0.6) is 0 Å². The molecule has 0 aliphatic carbocycles. The fraction of sp³-hybridized carbons (Fsp3) is 0.300. The van der Waals surface area contributed by atoms with E-state index in [1.165, 1.54) is 0 Å². The fourth-order valence-corrected chi connectivity index (χ4v) is 1.34. The van der Waals surface area contributed by atoms with Gasteiger partial charge in [-0.1, -0.05) is 11.6 Å². The van der Waals surface area contributed by atoms with Crippen LogP contribution < -0.4 is 0 Å². The summed E-state index contributed by atoms with van der Waals surface area (Å²) >= 11 is 5.47. The third-order valence-electron chi connectivity index (χ3n) is 1.99. The van der Waals surface area contributed by atoms with E-state index in [2.05, 4.69) is 4.74 Å². The van der Waals surface area contributed by atoms with Crippen molar-refractivity contribution in [1.82, 2.24) is 0 Å². The summed E-state index contributed by atoms with van der Waals surface area (Å²) in [4.78, 5) is 10.9. The number of ether oxygens (including phenoxy) is 1. The van der Waals surface area contributed by atoms with Crippen LogP contribution in [0.25, 0.3) is 0 Å². The normalized spacial score (nSPS) is 11.4. The van der Waals surface area contributed by atoms with Gasteiger partial charge in [0.05, 0.1) is 24.1 Å². The van der Waals surface area contributed by atoms with E-state index in [0.717, 1.165) is 7.11 Å². The van der Waals surface area contributed by atoms with E-state index >= 15 is 0 Å². The maximum Gasteiger partial charge on any atom is 0.416 e. The molecule has 17 heavy (non-hydrogen) atoms. The SMILES string of the molecule is COC(=O)Cc1cc(C(F)(F)F)cc(F)c1Cl. The summed E-state index contributed by atoms with van der Waals surface area (Å²) in [5.41, 5.74) is -1.45. The molecule has 1 aromatic carbocycles. The van der Waals surface area contributed by atoms with E-state index in [-0.39, 0.29) is 11.6 Å². The Hall–Kier alpha value is -1.30. The maximum atomic E-state index is 13.1. The number of hydrogen-bond donors (Lipinski definition) is 0. The number of rotatable bonds is 2. The number of methoxy groups -OCH3 is 1. The molecule has 0 aliphatic rings. The smallest absolute Gasteiger partial charge is 0.416 e. The van der Waals surface area contributed by atoms with Gasteiger partial charge in [-0.15, -0.1) is 0 Å². The van der Waals surface area contributed by atoms with Crippen LogP contribution in [0.1, 0.15) is 11.1 Å². The molecule has 0 atom stereocenters. The van der Waals surface area contributed by atoms with Crippen LogP contribution in [-0.4, -0.2) is 13.1 Å². The van der Waals surface area contributed by atoms with Gasteiger partial charge >= 0.3 is 12.1 Å². The van der Waals surface area contributed by atoms with Crippen LogP contribution in [0.4, 0.5) is 17.6 Å². The highest BCUT2D eigenvalue weighted by Gasteiger charge is 2.32. The molecule has 0 spiro atoms. The van der Waals surface area contributed by atoms with Gasteiger partial charge in [0.25, 0.3) is 0 Å². The first kappa shape index (κ1) is 13.8. The molecule has 2 nitrogen and oxygen atoms in total. The van der Waals surface area contributed by atoms with Crippen molar-refractivity contribution in [2.24, 2.45) is 0 Å². The van der Waals surface area contributed by atoms with Crippen molar-refractivity contribution >= 4 is 17.6 Å². The minimum atomic E-state index is -4.70. The van der Waals surface area contributed by atoms with E-state index in [1.807, 2.05) is 0 Å². The van der Waals surface area contributed by atoms with Crippen LogP contribution >= 0.6 is 11.6 Å². The molecule has 0 aromatic heterocycles. The highest BCUT2D eigenvalue weighted by Crippen LogP contribution is 2.33. The molecule has 0 N–H and O–H groups in total. The first-order valence-electron chi connectivity index (χ1n) is 4.37. The molecule has 0 saturated heterocycles. The average molecular weight is 271 g/mol. The zero-order valence-electron chi connectivity index (χ0n) is 8.57. The van der Waals surface area contributed by atoms with Crippen LogP contribution in [-0.2, 0) is 22.1 Å². The lowest BCUT2D eigenvalue weighted by molar-refractivity contribution is -0.140. The Morgan fingerprint density at radius 1 is 1.41 bits per heavy atom. The molecule has 0 radical (unpaired) electrons. The summed E-state index contributed by atoms with van der Waals surface area (Å²) in [6, 6.07) is 0.908. The summed E-state index contributed by atoms with van der Waals surface area (Å²) in [7, 11) is 1.07. The zero-order valence-corrected chi connectivity index (χ0v) is 9.32. The Morgan fingerprint density at radius 3 is 2.47 bits per heavy atom. The second-order valence-electron chi connectivity index (χ2n) is 3.18. The summed E-state index contributed by atoms with van der Waals surface area (Å²) in [5.74, 6) is -2.02. The topological polar surface area (TPSA) is 26.3 Å². The van der Waals surface area contributed by atoms with Gasteiger partial charge < -0.3 is 4.74 Å². The Labute approximate surface area is 99.1 Å². The second kappa shape index (κ2) is 4.91. The van der Waals surface area contributed by atoms with Gasteiger partial charge in [-0.25, -0.2) is 4.39 Å². The third kappa shape index (κ3) is 3.33. The number of carbonyl (C=O) groups excluding carboxylic acids is 1. The lowest BCUT2D eigenvalue weighted by Gasteiger charge is -2.10. The standard InChI is InChI=1S/C10H7ClF4O2/c1-17-8(16)3-5-2-6(10(13,14)15)4-7(12)9(5)11/h2,4H,3H2,1H3. The molecule has 94 valence electrons. The second-order valence-corrected chi connectivity index (χ2v) is 3.56. The van der Waals surface area contributed by atoms with Crippen molar-refractivity contribution in [3.05, 3.63) is 34.1 Å². The first-order valence-corrected chi connectivity index (χ1v) is 4.75. The Balaban J connectivity index is 3.21. The van der Waals surface area contributed by atoms with Gasteiger partial charge in [0.15, 0.2) is 0 Å². The molecule has 0 aliphatic heterocycles. The Kier molecular flexibility index (Phi) is 3.98. The highest BCUT2D eigenvalue weighted by atomic mass is 35.5. The van der Waals surface area contributed by atoms with E-state index in [9.17, 15) is 22.4 Å². The molecular formula is C10H7ClF4O2. The van der Waals surface area contributed by atoms with Crippen LogP contribution in [0, 0.1) is 5.82 Å². The van der Waals surface area contributed by atoms with E-state index in [1.54, 1.807) is 0 Å². The van der Waals surface area contributed by atoms with Gasteiger partial charge in [-0.2, -0.15) is 13.2 Å². The van der Waals surface area contributed by atoms with Gasteiger partial charge in [-0.05, 0) is 17.7 Å². The number of hydrogen-bond acceptors (Lipinski definition) is 2. The lowest BCUT2D eigenvalue weighted by Crippen LogP contribution is -2.10. The van der Waals surface area contributed by atoms with Crippen molar-refractivity contribution in [3.63, 3.8) is 0 Å². The number of alkyl halides is 3. The zero-order chi connectivity index (χ0) is 13.2. The predicted octanol–water partition coefficient (Wildman–Crippen LogP) is 3.21. The van der Waals surface area contributed by atoms with E-state index in [4.69, 9.17) is 11.6 Å². The van der Waals surface area contributed by atoms with Crippen LogP contribution in [0.15, 0.2) is 12.1 Å². The summed E-state index contributed by atoms with van der Waals surface area (Å²) in [5, 5.41) is -0.511. The minimum Gasteiger partial charge on any atom is -0.469 e. The fourth-order valence-electron chi connectivity index (χ4n) is 1.17. The maximum absolute atomic E-state index is 13.1. The van der Waals surface area contributed by atoms with Crippen molar-refractivity contribution in [3.8, 4) is 0 Å². The Bertz CT molecular complexity index is 443. The predicted molar refractivity (Wildman–Crippen MR) is 52.1 cm³/mol. The van der Waals surface area contributed by atoms with Crippen LogP contribution in [0.2, 0.25) is 5.02 Å². The van der Waals surface area contributed by atoms with Crippen molar-refractivity contribution < 1.29 is 27.1 Å². The van der Waals surface area contributed by atoms with Gasteiger partial charge in [0.1, 0.15) is 5.82 Å². The van der Waals surface area contributed by atoms with Gasteiger partial charge in [0.2, 0.25) is 0 Å². The minimum absolute atomic E-state index is 0.258. The molecule has 0 saturated carbocycles. The van der Waals surface area contributed by atoms with Crippen LogP contribution in [0.3, 0.4) is 0 Å². The molecule has 7 heteroatoms. The van der Waals surface area contributed by atoms with Crippen molar-refractivity contribution in [2.45, 2.75) is 12.6 Å². The van der Waals surface area contributed by atoms with Crippen molar-refractivity contribution in [2.75, 3.05) is 7.11 Å². The number of halogens is 5. The molecule has 0 amide bonds. The first-order chi connectivity index (χ1) is 7.75. The molecule has 1 rings (SSSR count). The van der Waals surface area contributed by atoms with Gasteiger partial charge in [0, 0.05) is 0 Å². The number of carbonyl (C=O) groups is 1. The van der Waals surface area contributed by atoms with E-state index in [0.29, 0.717) is 6.07 Å². The summed E-state index contributed by atoms with van der Waals surface area (Å²) in [6.07, 6.45) is -5.22. The molecule has 1 aromatic rings. The third-order valence-corrected chi connectivity index (χ3v) is 2.42. The summed E-state index contributed by atoms with van der Waals surface area (Å²) < 4.78 is 54.5. The van der Waals surface area contributed by atoms with Gasteiger partial charge in [-0.3, -0.25) is 4.79 Å². The largest absolute Gasteiger partial charge is 0.469 e. The quantitative estimate of drug-likeness (QED) is 0.609.